The summed E-state index contributed by atoms with van der Waals surface area (Å²) < 4.78 is 0. The van der Waals surface area contributed by atoms with Gasteiger partial charge in [-0.15, -0.1) is 11.6 Å². The number of aromatic nitrogens is 2. The highest BCUT2D eigenvalue weighted by Gasteiger charge is 2.25. The molecule has 1 fully saturated rings. The number of hydrogen-bond acceptors (Lipinski definition) is 2. The normalized spacial score (nSPS) is 25.2. The van der Waals surface area contributed by atoms with E-state index in [1.165, 1.54) is 25.7 Å². The van der Waals surface area contributed by atoms with Crippen molar-refractivity contribution in [2.45, 2.75) is 51.3 Å². The lowest BCUT2D eigenvalue weighted by Crippen LogP contribution is -2.18. The molecule has 0 unspecified atom stereocenters. The van der Waals surface area contributed by atoms with Crippen LogP contribution in [-0.2, 0) is 5.88 Å². The molecule has 0 spiro atoms. The van der Waals surface area contributed by atoms with Gasteiger partial charge in [0.2, 0.25) is 0 Å². The van der Waals surface area contributed by atoms with Crippen molar-refractivity contribution >= 4 is 11.6 Å². The Labute approximate surface area is 109 Å². The van der Waals surface area contributed by atoms with Crippen molar-refractivity contribution in [1.82, 2.24) is 9.97 Å². The maximum absolute atomic E-state index is 5.74. The van der Waals surface area contributed by atoms with Gasteiger partial charge in [-0.2, -0.15) is 0 Å². The van der Waals surface area contributed by atoms with Crippen LogP contribution in [0, 0.1) is 11.8 Å². The van der Waals surface area contributed by atoms with Gasteiger partial charge in [-0.3, -0.25) is 0 Å². The van der Waals surface area contributed by atoms with Crippen LogP contribution in [0.2, 0.25) is 0 Å². The summed E-state index contributed by atoms with van der Waals surface area (Å²) in [6.07, 6.45) is 8.85. The molecular formula is C14H21ClN2. The molecule has 0 radical (unpaired) electrons. The van der Waals surface area contributed by atoms with E-state index in [9.17, 15) is 0 Å². The zero-order valence-electron chi connectivity index (χ0n) is 10.7. The molecule has 1 aromatic rings. The molecule has 0 aliphatic heterocycles. The molecule has 0 amide bonds. The highest BCUT2D eigenvalue weighted by molar-refractivity contribution is 6.17. The summed E-state index contributed by atoms with van der Waals surface area (Å²) in [6.45, 7) is 4.66. The van der Waals surface area contributed by atoms with Gasteiger partial charge in [0.05, 0.1) is 5.88 Å². The molecule has 1 saturated carbocycles. The van der Waals surface area contributed by atoms with Crippen LogP contribution < -0.4 is 0 Å². The Morgan fingerprint density at radius 3 is 2.24 bits per heavy atom. The molecule has 1 aliphatic carbocycles. The highest BCUT2D eigenvalue weighted by atomic mass is 35.5. The number of nitrogens with zero attached hydrogens (tertiary/aromatic N) is 2. The number of alkyl halides is 1. The summed E-state index contributed by atoms with van der Waals surface area (Å²) in [5.41, 5.74) is 1.01. The fourth-order valence-electron chi connectivity index (χ4n) is 2.69. The van der Waals surface area contributed by atoms with Crippen LogP contribution in [0.15, 0.2) is 12.4 Å². The van der Waals surface area contributed by atoms with Crippen LogP contribution in [0.3, 0.4) is 0 Å². The number of halogens is 1. The average Bonchev–Trinajstić information content (AvgIpc) is 2.39. The zero-order valence-corrected chi connectivity index (χ0v) is 11.5. The van der Waals surface area contributed by atoms with E-state index in [0.717, 1.165) is 23.2 Å². The molecule has 0 aromatic carbocycles. The van der Waals surface area contributed by atoms with E-state index in [1.807, 2.05) is 12.4 Å². The van der Waals surface area contributed by atoms with Crippen molar-refractivity contribution in [2.75, 3.05) is 0 Å². The molecule has 0 saturated heterocycles. The van der Waals surface area contributed by atoms with Crippen molar-refractivity contribution in [2.24, 2.45) is 11.8 Å². The van der Waals surface area contributed by atoms with Crippen LogP contribution in [0.4, 0.5) is 0 Å². The first-order valence-corrected chi connectivity index (χ1v) is 7.11. The second kappa shape index (κ2) is 5.81. The maximum atomic E-state index is 5.74. The fraction of sp³-hybridized carbons (Fsp3) is 0.714. The summed E-state index contributed by atoms with van der Waals surface area (Å²) in [5.74, 6) is 3.79. The second-order valence-electron chi connectivity index (χ2n) is 5.44. The molecule has 3 heteroatoms. The van der Waals surface area contributed by atoms with E-state index in [-0.39, 0.29) is 0 Å². The van der Waals surface area contributed by atoms with Gasteiger partial charge in [0.15, 0.2) is 0 Å². The van der Waals surface area contributed by atoms with Crippen molar-refractivity contribution in [1.29, 1.82) is 0 Å². The first-order valence-electron chi connectivity index (χ1n) is 6.57. The van der Waals surface area contributed by atoms with Gasteiger partial charge in [-0.05, 0) is 37.5 Å². The van der Waals surface area contributed by atoms with Crippen LogP contribution >= 0.6 is 11.6 Å². The molecule has 1 heterocycles. The molecule has 2 rings (SSSR count). The predicted octanol–water partition coefficient (Wildman–Crippen LogP) is 4.15. The number of hydrogen-bond donors (Lipinski definition) is 0. The monoisotopic (exact) mass is 252 g/mol. The fourth-order valence-corrected chi connectivity index (χ4v) is 2.83. The summed E-state index contributed by atoms with van der Waals surface area (Å²) in [4.78, 5) is 8.90. The summed E-state index contributed by atoms with van der Waals surface area (Å²) in [7, 11) is 0. The Hall–Kier alpha value is -0.630. The van der Waals surface area contributed by atoms with Gasteiger partial charge < -0.3 is 0 Å². The van der Waals surface area contributed by atoms with Crippen LogP contribution in [0.5, 0.6) is 0 Å². The summed E-state index contributed by atoms with van der Waals surface area (Å²) in [6, 6.07) is 0. The number of rotatable bonds is 3. The van der Waals surface area contributed by atoms with Crippen molar-refractivity contribution in [3.05, 3.63) is 23.8 Å². The smallest absolute Gasteiger partial charge is 0.131 e. The van der Waals surface area contributed by atoms with Gasteiger partial charge in [0.1, 0.15) is 5.82 Å². The molecular weight excluding hydrogens is 232 g/mol. The predicted molar refractivity (Wildman–Crippen MR) is 71.1 cm³/mol. The molecule has 1 aliphatic rings. The topological polar surface area (TPSA) is 25.8 Å². The van der Waals surface area contributed by atoms with Crippen LogP contribution in [-0.4, -0.2) is 9.97 Å². The molecule has 0 bridgehead atoms. The van der Waals surface area contributed by atoms with Gasteiger partial charge in [0, 0.05) is 23.9 Å². The lowest BCUT2D eigenvalue weighted by atomic mass is 9.77. The first-order chi connectivity index (χ1) is 8.20. The summed E-state index contributed by atoms with van der Waals surface area (Å²) >= 11 is 5.74. The van der Waals surface area contributed by atoms with Gasteiger partial charge in [-0.1, -0.05) is 13.8 Å². The quantitative estimate of drug-likeness (QED) is 0.756. The Bertz CT molecular complexity index is 340. The minimum atomic E-state index is 0.500. The van der Waals surface area contributed by atoms with Crippen LogP contribution in [0.1, 0.15) is 56.8 Å². The lowest BCUT2D eigenvalue weighted by Gasteiger charge is -2.30. The van der Waals surface area contributed by atoms with Crippen molar-refractivity contribution < 1.29 is 0 Å². The van der Waals surface area contributed by atoms with E-state index in [4.69, 9.17) is 11.6 Å². The molecule has 2 nitrogen and oxygen atoms in total. The highest BCUT2D eigenvalue weighted by Crippen LogP contribution is 2.37. The summed E-state index contributed by atoms with van der Waals surface area (Å²) in [5, 5.41) is 0. The lowest BCUT2D eigenvalue weighted by molar-refractivity contribution is 0.254. The average molecular weight is 253 g/mol. The standard InChI is InChI=1S/C14H21ClN2/c1-10(2)12-3-5-13(6-4-12)14-16-8-11(7-15)9-17-14/h8-10,12-13H,3-7H2,1-2H3. The van der Waals surface area contributed by atoms with Gasteiger partial charge in [-0.25, -0.2) is 9.97 Å². The molecule has 1 aromatic heterocycles. The van der Waals surface area contributed by atoms with Crippen LogP contribution in [0.25, 0.3) is 0 Å². The van der Waals surface area contributed by atoms with E-state index in [1.54, 1.807) is 0 Å². The van der Waals surface area contributed by atoms with E-state index < -0.39 is 0 Å². The third kappa shape index (κ3) is 3.19. The van der Waals surface area contributed by atoms with E-state index in [2.05, 4.69) is 23.8 Å². The minimum absolute atomic E-state index is 0.500. The Morgan fingerprint density at radius 1 is 1.18 bits per heavy atom. The van der Waals surface area contributed by atoms with Gasteiger partial charge >= 0.3 is 0 Å². The molecule has 0 N–H and O–H groups in total. The van der Waals surface area contributed by atoms with Gasteiger partial charge in [0.25, 0.3) is 0 Å². The van der Waals surface area contributed by atoms with Crippen molar-refractivity contribution in [3.63, 3.8) is 0 Å². The molecule has 94 valence electrons. The Balaban J connectivity index is 1.95. The van der Waals surface area contributed by atoms with Crippen molar-refractivity contribution in [3.8, 4) is 0 Å². The first kappa shape index (κ1) is 12.8. The Morgan fingerprint density at radius 2 is 1.76 bits per heavy atom. The third-order valence-electron chi connectivity index (χ3n) is 3.96. The SMILES string of the molecule is CC(C)C1CCC(c2ncc(CCl)cn2)CC1. The molecule has 17 heavy (non-hydrogen) atoms. The third-order valence-corrected chi connectivity index (χ3v) is 4.27. The largest absolute Gasteiger partial charge is 0.241 e. The maximum Gasteiger partial charge on any atom is 0.131 e. The zero-order chi connectivity index (χ0) is 12.3. The second-order valence-corrected chi connectivity index (χ2v) is 5.71. The van der Waals surface area contributed by atoms with E-state index >= 15 is 0 Å². The van der Waals surface area contributed by atoms with E-state index in [0.29, 0.717) is 11.8 Å². The molecule has 0 atom stereocenters. The Kier molecular flexibility index (Phi) is 4.38. The minimum Gasteiger partial charge on any atom is -0.241 e.